The summed E-state index contributed by atoms with van der Waals surface area (Å²) in [7, 11) is 0. The van der Waals surface area contributed by atoms with Crippen LogP contribution in [0.5, 0.6) is 0 Å². The monoisotopic (exact) mass is 348 g/mol. The molecule has 1 aliphatic carbocycles. The van der Waals surface area contributed by atoms with E-state index in [1.54, 1.807) is 0 Å². The molecule has 24 heavy (non-hydrogen) atoms. The predicted octanol–water partition coefficient (Wildman–Crippen LogP) is 2.66. The molecule has 1 aromatic rings. The van der Waals surface area contributed by atoms with Crippen LogP contribution in [0.2, 0.25) is 5.02 Å². The number of rotatable bonds is 3. The maximum atomic E-state index is 12.7. The summed E-state index contributed by atoms with van der Waals surface area (Å²) in [5, 5.41) is 10.1. The molecule has 1 saturated heterocycles. The number of allylic oxidation sites excluding steroid dienone is 2. The molecule has 0 spiro atoms. The van der Waals surface area contributed by atoms with Crippen molar-refractivity contribution in [3.63, 3.8) is 0 Å². The number of carbonyl (C=O) groups excluding carboxylic acids is 1. The van der Waals surface area contributed by atoms with E-state index in [4.69, 9.17) is 11.6 Å². The minimum Gasteiger partial charge on any atom is -0.481 e. The highest BCUT2D eigenvalue weighted by atomic mass is 35.5. The largest absolute Gasteiger partial charge is 0.481 e. The molecule has 0 radical (unpaired) electrons. The van der Waals surface area contributed by atoms with Gasteiger partial charge in [-0.05, 0) is 37.1 Å². The van der Waals surface area contributed by atoms with Crippen LogP contribution in [0.15, 0.2) is 36.4 Å². The Balaban J connectivity index is 1.61. The maximum absolute atomic E-state index is 12.7. The van der Waals surface area contributed by atoms with Gasteiger partial charge in [-0.1, -0.05) is 23.8 Å². The second-order valence-electron chi connectivity index (χ2n) is 6.28. The molecular formula is C18H21ClN2O3. The number of carboxylic acid groups (broad SMARTS) is 1. The molecule has 0 saturated carbocycles. The highest BCUT2D eigenvalue weighted by Gasteiger charge is 2.37. The maximum Gasteiger partial charge on any atom is 0.307 e. The molecule has 5 nitrogen and oxygen atoms in total. The van der Waals surface area contributed by atoms with Gasteiger partial charge in [-0.2, -0.15) is 0 Å². The number of benzene rings is 1. The van der Waals surface area contributed by atoms with Crippen molar-refractivity contribution in [2.75, 3.05) is 31.1 Å². The van der Waals surface area contributed by atoms with Crippen molar-refractivity contribution in [2.45, 2.75) is 12.8 Å². The summed E-state index contributed by atoms with van der Waals surface area (Å²) in [5.74, 6) is -1.94. The fourth-order valence-electron chi connectivity index (χ4n) is 3.43. The molecular weight excluding hydrogens is 328 g/mol. The third-order valence-corrected chi connectivity index (χ3v) is 5.10. The number of halogens is 1. The number of nitrogens with zero attached hydrogens (tertiary/aromatic N) is 2. The van der Waals surface area contributed by atoms with E-state index >= 15 is 0 Å². The molecule has 0 unspecified atom stereocenters. The van der Waals surface area contributed by atoms with Crippen LogP contribution in [0.25, 0.3) is 0 Å². The van der Waals surface area contributed by atoms with Crippen LogP contribution in [-0.2, 0) is 9.59 Å². The van der Waals surface area contributed by atoms with Crippen molar-refractivity contribution in [1.82, 2.24) is 4.90 Å². The summed E-state index contributed by atoms with van der Waals surface area (Å²) in [5.41, 5.74) is 1.09. The number of piperazine rings is 1. The van der Waals surface area contributed by atoms with Crippen LogP contribution in [-0.4, -0.2) is 48.1 Å². The SMILES string of the molecule is O=C(O)[C@@H]1CC=CC[C@@H]1C(=O)N1CCN(c2ccc(Cl)cc2)CC1. The third kappa shape index (κ3) is 3.56. The van der Waals surface area contributed by atoms with Gasteiger partial charge < -0.3 is 14.9 Å². The topological polar surface area (TPSA) is 60.9 Å². The van der Waals surface area contributed by atoms with E-state index in [9.17, 15) is 14.7 Å². The number of hydrogen-bond donors (Lipinski definition) is 1. The predicted molar refractivity (Wildman–Crippen MR) is 93.2 cm³/mol. The summed E-state index contributed by atoms with van der Waals surface area (Å²) in [6.45, 7) is 2.73. The Morgan fingerprint density at radius 2 is 1.54 bits per heavy atom. The standard InChI is InChI=1S/C18H21ClN2O3/c19-13-5-7-14(8-6-13)20-9-11-21(12-10-20)17(22)15-3-1-2-4-16(15)18(23)24/h1-2,5-8,15-16H,3-4,9-12H2,(H,23,24)/t15-,16+/m0/s1. The van der Waals surface area contributed by atoms with Gasteiger partial charge in [0, 0.05) is 36.9 Å². The molecule has 1 aromatic carbocycles. The highest BCUT2D eigenvalue weighted by molar-refractivity contribution is 6.30. The molecule has 1 heterocycles. The zero-order chi connectivity index (χ0) is 17.1. The van der Waals surface area contributed by atoms with Crippen molar-refractivity contribution in [3.8, 4) is 0 Å². The molecule has 0 bridgehead atoms. The lowest BCUT2D eigenvalue weighted by molar-refractivity contribution is -0.150. The second-order valence-corrected chi connectivity index (χ2v) is 6.72. The first-order valence-electron chi connectivity index (χ1n) is 8.23. The average molecular weight is 349 g/mol. The highest BCUT2D eigenvalue weighted by Crippen LogP contribution is 2.28. The quantitative estimate of drug-likeness (QED) is 0.853. The van der Waals surface area contributed by atoms with Crippen LogP contribution in [0.3, 0.4) is 0 Å². The first kappa shape index (κ1) is 16.8. The Kier molecular flexibility index (Phi) is 5.09. The Bertz CT molecular complexity index is 636. The van der Waals surface area contributed by atoms with Crippen LogP contribution in [0.4, 0.5) is 5.69 Å². The fourth-order valence-corrected chi connectivity index (χ4v) is 3.56. The summed E-state index contributed by atoms with van der Waals surface area (Å²) in [4.78, 5) is 28.2. The van der Waals surface area contributed by atoms with Crippen molar-refractivity contribution in [2.24, 2.45) is 11.8 Å². The Hall–Kier alpha value is -2.01. The van der Waals surface area contributed by atoms with Gasteiger partial charge in [-0.25, -0.2) is 0 Å². The Morgan fingerprint density at radius 3 is 2.12 bits per heavy atom. The van der Waals surface area contributed by atoms with E-state index < -0.39 is 17.8 Å². The fraction of sp³-hybridized carbons (Fsp3) is 0.444. The average Bonchev–Trinajstić information content (AvgIpc) is 2.62. The summed E-state index contributed by atoms with van der Waals surface area (Å²) >= 11 is 5.92. The van der Waals surface area contributed by atoms with Crippen molar-refractivity contribution in [1.29, 1.82) is 0 Å². The number of amides is 1. The van der Waals surface area contributed by atoms with E-state index in [1.807, 2.05) is 41.3 Å². The van der Waals surface area contributed by atoms with Crippen LogP contribution >= 0.6 is 11.6 Å². The third-order valence-electron chi connectivity index (χ3n) is 4.85. The summed E-state index contributed by atoms with van der Waals surface area (Å²) in [6, 6.07) is 7.68. The van der Waals surface area contributed by atoms with Gasteiger partial charge in [0.05, 0.1) is 11.8 Å². The van der Waals surface area contributed by atoms with Gasteiger partial charge in [-0.3, -0.25) is 9.59 Å². The number of aliphatic carboxylic acids is 1. The molecule has 0 aromatic heterocycles. The van der Waals surface area contributed by atoms with Gasteiger partial charge in [0.2, 0.25) is 5.91 Å². The number of carboxylic acids is 1. The zero-order valence-electron chi connectivity index (χ0n) is 13.4. The van der Waals surface area contributed by atoms with Gasteiger partial charge in [0.1, 0.15) is 0 Å². The van der Waals surface area contributed by atoms with Crippen LogP contribution in [0.1, 0.15) is 12.8 Å². The lowest BCUT2D eigenvalue weighted by atomic mass is 9.82. The lowest BCUT2D eigenvalue weighted by Crippen LogP contribution is -2.52. The molecule has 3 rings (SSSR count). The molecule has 1 aliphatic heterocycles. The molecule has 1 N–H and O–H groups in total. The molecule has 1 amide bonds. The van der Waals surface area contributed by atoms with Crippen LogP contribution in [0, 0.1) is 11.8 Å². The second kappa shape index (κ2) is 7.26. The number of carbonyl (C=O) groups is 2. The van der Waals surface area contributed by atoms with Gasteiger partial charge >= 0.3 is 5.97 Å². The van der Waals surface area contributed by atoms with Gasteiger partial charge in [-0.15, -0.1) is 0 Å². The Morgan fingerprint density at radius 1 is 0.958 bits per heavy atom. The van der Waals surface area contributed by atoms with E-state index in [-0.39, 0.29) is 5.91 Å². The number of hydrogen-bond acceptors (Lipinski definition) is 3. The van der Waals surface area contributed by atoms with Gasteiger partial charge in [0.25, 0.3) is 0 Å². The van der Waals surface area contributed by atoms with Crippen molar-refractivity contribution >= 4 is 29.2 Å². The van der Waals surface area contributed by atoms with Crippen molar-refractivity contribution < 1.29 is 14.7 Å². The summed E-state index contributed by atoms with van der Waals surface area (Å²) in [6.07, 6.45) is 4.75. The molecule has 1 fully saturated rings. The first-order chi connectivity index (χ1) is 11.6. The number of anilines is 1. The first-order valence-corrected chi connectivity index (χ1v) is 8.61. The molecule has 6 heteroatoms. The Labute approximate surface area is 146 Å². The van der Waals surface area contributed by atoms with E-state index in [0.29, 0.717) is 31.0 Å². The molecule has 128 valence electrons. The van der Waals surface area contributed by atoms with Crippen molar-refractivity contribution in [3.05, 3.63) is 41.4 Å². The van der Waals surface area contributed by atoms with Crippen LogP contribution < -0.4 is 4.90 Å². The van der Waals surface area contributed by atoms with E-state index in [2.05, 4.69) is 4.90 Å². The summed E-state index contributed by atoms with van der Waals surface area (Å²) < 4.78 is 0. The zero-order valence-corrected chi connectivity index (χ0v) is 14.2. The minimum atomic E-state index is -0.877. The smallest absolute Gasteiger partial charge is 0.307 e. The molecule has 2 aliphatic rings. The molecule has 2 atom stereocenters. The van der Waals surface area contributed by atoms with E-state index in [0.717, 1.165) is 18.8 Å². The van der Waals surface area contributed by atoms with Gasteiger partial charge in [0.15, 0.2) is 0 Å². The lowest BCUT2D eigenvalue weighted by Gasteiger charge is -2.38. The minimum absolute atomic E-state index is 0.0255. The van der Waals surface area contributed by atoms with E-state index in [1.165, 1.54) is 0 Å². The normalized spacial score (nSPS) is 24.0.